The third-order valence-electron chi connectivity index (χ3n) is 4.79. The molecule has 7 nitrogen and oxygen atoms in total. The fourth-order valence-corrected chi connectivity index (χ4v) is 3.22. The van der Waals surface area contributed by atoms with Crippen LogP contribution in [-0.2, 0) is 11.3 Å². The van der Waals surface area contributed by atoms with Crippen molar-refractivity contribution in [1.29, 1.82) is 0 Å². The molecule has 7 heteroatoms. The van der Waals surface area contributed by atoms with E-state index in [0.29, 0.717) is 36.7 Å². The van der Waals surface area contributed by atoms with Crippen LogP contribution in [0.15, 0.2) is 12.7 Å². The van der Waals surface area contributed by atoms with Crippen molar-refractivity contribution in [3.05, 3.63) is 12.7 Å². The van der Waals surface area contributed by atoms with Crippen molar-refractivity contribution in [3.8, 4) is 0 Å². The number of aliphatic hydroxyl groups excluding tert-OH is 1. The standard InChI is InChI=1S/C20H35N5O2/c1-2-3-4-5-6-7-8-9-10-11-12-27-14-17(26)13-25-16-24-18-19(21)22-15-23-20(18)25/h15-17,26H,2-14H2,1H3,(H2,21,22,23). The van der Waals surface area contributed by atoms with Gasteiger partial charge in [-0.2, -0.15) is 0 Å². The van der Waals surface area contributed by atoms with Gasteiger partial charge in [-0.15, -0.1) is 0 Å². The Labute approximate surface area is 162 Å². The van der Waals surface area contributed by atoms with Gasteiger partial charge in [-0.25, -0.2) is 15.0 Å². The van der Waals surface area contributed by atoms with Crippen molar-refractivity contribution in [2.45, 2.75) is 83.8 Å². The minimum Gasteiger partial charge on any atom is -0.389 e. The minimum atomic E-state index is -0.596. The molecule has 0 bridgehead atoms. The van der Waals surface area contributed by atoms with Gasteiger partial charge < -0.3 is 20.1 Å². The molecule has 0 spiro atoms. The number of rotatable bonds is 15. The molecule has 0 fully saturated rings. The summed E-state index contributed by atoms with van der Waals surface area (Å²) in [5.41, 5.74) is 6.97. The average molecular weight is 378 g/mol. The van der Waals surface area contributed by atoms with Crippen LogP contribution >= 0.6 is 0 Å². The van der Waals surface area contributed by atoms with Crippen LogP contribution in [0.1, 0.15) is 71.1 Å². The van der Waals surface area contributed by atoms with E-state index in [1.54, 1.807) is 10.9 Å². The van der Waals surface area contributed by atoms with E-state index in [1.165, 1.54) is 64.1 Å². The van der Waals surface area contributed by atoms with Crippen molar-refractivity contribution in [2.24, 2.45) is 0 Å². The van der Waals surface area contributed by atoms with Crippen molar-refractivity contribution in [2.75, 3.05) is 18.9 Å². The molecule has 1 atom stereocenters. The van der Waals surface area contributed by atoms with Crippen LogP contribution in [0.5, 0.6) is 0 Å². The van der Waals surface area contributed by atoms with Gasteiger partial charge in [-0.05, 0) is 6.42 Å². The van der Waals surface area contributed by atoms with Gasteiger partial charge in [0.05, 0.1) is 25.6 Å². The lowest BCUT2D eigenvalue weighted by molar-refractivity contribution is 0.0271. The van der Waals surface area contributed by atoms with Gasteiger partial charge in [-0.3, -0.25) is 0 Å². The lowest BCUT2D eigenvalue weighted by atomic mass is 10.1. The highest BCUT2D eigenvalue weighted by atomic mass is 16.5. The van der Waals surface area contributed by atoms with Gasteiger partial charge in [0.25, 0.3) is 0 Å². The molecule has 0 aliphatic heterocycles. The lowest BCUT2D eigenvalue weighted by Crippen LogP contribution is -2.22. The Kier molecular flexibility index (Phi) is 10.1. The normalized spacial score (nSPS) is 12.7. The van der Waals surface area contributed by atoms with Crippen molar-refractivity contribution < 1.29 is 9.84 Å². The number of nitrogen functional groups attached to an aromatic ring is 1. The second-order valence-electron chi connectivity index (χ2n) is 7.24. The molecule has 0 aromatic carbocycles. The smallest absolute Gasteiger partial charge is 0.165 e. The quantitative estimate of drug-likeness (QED) is 0.459. The van der Waals surface area contributed by atoms with Gasteiger partial charge in [0.1, 0.15) is 11.8 Å². The molecule has 3 N–H and O–H groups in total. The van der Waals surface area contributed by atoms with Crippen LogP contribution in [0.2, 0.25) is 0 Å². The summed E-state index contributed by atoms with van der Waals surface area (Å²) < 4.78 is 7.39. The number of aromatic nitrogens is 4. The molecule has 0 amide bonds. The molecule has 1 unspecified atom stereocenters. The van der Waals surface area contributed by atoms with Gasteiger partial charge >= 0.3 is 0 Å². The molecule has 27 heavy (non-hydrogen) atoms. The average Bonchev–Trinajstić information content (AvgIpc) is 3.07. The Morgan fingerprint density at radius 2 is 1.67 bits per heavy atom. The van der Waals surface area contributed by atoms with E-state index in [9.17, 15) is 5.11 Å². The first kappa shape index (κ1) is 21.6. The Bertz CT molecular complexity index is 646. The largest absolute Gasteiger partial charge is 0.389 e. The summed E-state index contributed by atoms with van der Waals surface area (Å²) >= 11 is 0. The monoisotopic (exact) mass is 377 g/mol. The molecule has 0 aliphatic carbocycles. The van der Waals surface area contributed by atoms with Gasteiger partial charge in [0, 0.05) is 6.61 Å². The Balaban J connectivity index is 1.49. The number of hydrogen-bond donors (Lipinski definition) is 2. The van der Waals surface area contributed by atoms with Gasteiger partial charge in [0.15, 0.2) is 11.5 Å². The summed E-state index contributed by atoms with van der Waals surface area (Å²) in [6.07, 6.45) is 15.5. The highest BCUT2D eigenvalue weighted by Crippen LogP contribution is 2.14. The Morgan fingerprint density at radius 1 is 1.00 bits per heavy atom. The maximum atomic E-state index is 10.2. The van der Waals surface area contributed by atoms with Gasteiger partial charge in [-0.1, -0.05) is 64.7 Å². The number of imidazole rings is 1. The Morgan fingerprint density at radius 3 is 2.37 bits per heavy atom. The van der Waals surface area contributed by atoms with Crippen LogP contribution in [0.4, 0.5) is 5.82 Å². The molecular formula is C20H35N5O2. The number of hydrogen-bond acceptors (Lipinski definition) is 6. The summed E-state index contributed by atoms with van der Waals surface area (Å²) in [4.78, 5) is 12.3. The summed E-state index contributed by atoms with van der Waals surface area (Å²) in [6, 6.07) is 0. The molecule has 2 heterocycles. The predicted octanol–water partition coefficient (Wildman–Crippen LogP) is 3.71. The third kappa shape index (κ3) is 7.81. The summed E-state index contributed by atoms with van der Waals surface area (Å²) in [7, 11) is 0. The molecule has 0 saturated heterocycles. The summed E-state index contributed by atoms with van der Waals surface area (Å²) in [6.45, 7) is 3.65. The second-order valence-corrected chi connectivity index (χ2v) is 7.24. The van der Waals surface area contributed by atoms with E-state index in [-0.39, 0.29) is 0 Å². The fourth-order valence-electron chi connectivity index (χ4n) is 3.22. The van der Waals surface area contributed by atoms with Crippen LogP contribution < -0.4 is 5.73 Å². The summed E-state index contributed by atoms with van der Waals surface area (Å²) in [5.74, 6) is 0.352. The van der Waals surface area contributed by atoms with Gasteiger partial charge in [0.2, 0.25) is 0 Å². The highest BCUT2D eigenvalue weighted by Gasteiger charge is 2.11. The highest BCUT2D eigenvalue weighted by molar-refractivity contribution is 5.81. The first-order valence-corrected chi connectivity index (χ1v) is 10.4. The summed E-state index contributed by atoms with van der Waals surface area (Å²) in [5, 5.41) is 10.2. The number of anilines is 1. The lowest BCUT2D eigenvalue weighted by Gasteiger charge is -2.12. The van der Waals surface area contributed by atoms with Crippen molar-refractivity contribution in [1.82, 2.24) is 19.5 Å². The molecule has 0 aliphatic rings. The van der Waals surface area contributed by atoms with Crippen LogP contribution in [0.25, 0.3) is 11.2 Å². The predicted molar refractivity (Wildman–Crippen MR) is 108 cm³/mol. The van der Waals surface area contributed by atoms with E-state index in [4.69, 9.17) is 10.5 Å². The van der Waals surface area contributed by atoms with Crippen LogP contribution in [0, 0.1) is 0 Å². The van der Waals surface area contributed by atoms with Crippen LogP contribution in [0.3, 0.4) is 0 Å². The van der Waals surface area contributed by atoms with Crippen molar-refractivity contribution >= 4 is 17.0 Å². The molecular weight excluding hydrogens is 342 g/mol. The second kappa shape index (κ2) is 12.6. The molecule has 2 aromatic heterocycles. The van der Waals surface area contributed by atoms with Crippen LogP contribution in [-0.4, -0.2) is 43.9 Å². The third-order valence-corrected chi connectivity index (χ3v) is 4.79. The van der Waals surface area contributed by atoms with E-state index < -0.39 is 6.10 Å². The first-order valence-electron chi connectivity index (χ1n) is 10.4. The van der Waals surface area contributed by atoms with E-state index in [0.717, 1.165) is 6.42 Å². The minimum absolute atomic E-state index is 0.317. The number of unbranched alkanes of at least 4 members (excludes halogenated alkanes) is 9. The zero-order chi connectivity index (χ0) is 19.3. The first-order chi connectivity index (χ1) is 13.2. The van der Waals surface area contributed by atoms with Crippen molar-refractivity contribution in [3.63, 3.8) is 0 Å². The SMILES string of the molecule is CCCCCCCCCCCCOCC(O)Cn1cnc2c(N)ncnc21. The topological polar surface area (TPSA) is 99.1 Å². The molecule has 0 radical (unpaired) electrons. The number of fused-ring (bicyclic) bond motifs is 1. The zero-order valence-corrected chi connectivity index (χ0v) is 16.6. The maximum absolute atomic E-state index is 10.2. The number of nitrogens with two attached hydrogens (primary N) is 1. The number of ether oxygens (including phenoxy) is 1. The van der Waals surface area contributed by atoms with E-state index in [2.05, 4.69) is 21.9 Å². The van der Waals surface area contributed by atoms with E-state index >= 15 is 0 Å². The zero-order valence-electron chi connectivity index (χ0n) is 16.6. The number of aliphatic hydroxyl groups is 1. The Hall–Kier alpha value is -1.73. The molecule has 2 aromatic rings. The fraction of sp³-hybridized carbons (Fsp3) is 0.750. The molecule has 152 valence electrons. The number of nitrogens with zero attached hydrogens (tertiary/aromatic N) is 4. The molecule has 2 rings (SSSR count). The van der Waals surface area contributed by atoms with E-state index in [1.807, 2.05) is 0 Å². The maximum Gasteiger partial charge on any atom is 0.165 e. The molecule has 0 saturated carbocycles.